The smallest absolute Gasteiger partial charge is 0.313 e. The average Bonchev–Trinajstić information content (AvgIpc) is 3.31. The Labute approximate surface area is 206 Å². The standard InChI is InChI=1S/C26H33N5O4/c1-19-9-10-20(18-22(19)31-12-5-8-24(31)32)28-26(34)25(33)27-11-13-29-14-16-30(17-15-29)21-6-3-4-7-23(21)35-2/h3-4,6-7,9-10,18H,5,8,11-17H2,1-2H3,(H,27,33)(H,28,34). The molecule has 0 bridgehead atoms. The van der Waals surface area contributed by atoms with Crippen LogP contribution >= 0.6 is 0 Å². The fourth-order valence-electron chi connectivity index (χ4n) is 4.58. The molecule has 0 aromatic heterocycles. The summed E-state index contributed by atoms with van der Waals surface area (Å²) in [5.74, 6) is -0.435. The van der Waals surface area contributed by atoms with E-state index >= 15 is 0 Å². The largest absolute Gasteiger partial charge is 0.495 e. The molecule has 4 rings (SSSR count). The number of benzene rings is 2. The van der Waals surface area contributed by atoms with Crippen molar-refractivity contribution in [2.75, 3.05) is 68.0 Å². The third-order valence-corrected chi connectivity index (χ3v) is 6.55. The molecule has 186 valence electrons. The molecule has 2 N–H and O–H groups in total. The highest BCUT2D eigenvalue weighted by Crippen LogP contribution is 2.29. The first-order chi connectivity index (χ1) is 17.0. The lowest BCUT2D eigenvalue weighted by Gasteiger charge is -2.36. The summed E-state index contributed by atoms with van der Waals surface area (Å²) >= 11 is 0. The third-order valence-electron chi connectivity index (χ3n) is 6.55. The van der Waals surface area contributed by atoms with Gasteiger partial charge in [0.1, 0.15) is 5.75 Å². The molecular formula is C26H33N5O4. The number of amides is 3. The molecule has 2 aromatic carbocycles. The number of para-hydroxylation sites is 2. The van der Waals surface area contributed by atoms with Gasteiger partial charge in [-0.3, -0.25) is 19.3 Å². The molecule has 2 aliphatic rings. The topological polar surface area (TPSA) is 94.2 Å². The summed E-state index contributed by atoms with van der Waals surface area (Å²) in [6.07, 6.45) is 1.36. The van der Waals surface area contributed by atoms with Crippen LogP contribution in [0.15, 0.2) is 42.5 Å². The van der Waals surface area contributed by atoms with Crippen LogP contribution < -0.4 is 25.2 Å². The van der Waals surface area contributed by atoms with Crippen LogP contribution in [0.25, 0.3) is 0 Å². The van der Waals surface area contributed by atoms with E-state index in [9.17, 15) is 14.4 Å². The van der Waals surface area contributed by atoms with Gasteiger partial charge in [0.15, 0.2) is 0 Å². The van der Waals surface area contributed by atoms with E-state index in [2.05, 4.69) is 26.5 Å². The van der Waals surface area contributed by atoms with Gasteiger partial charge in [-0.05, 0) is 43.2 Å². The quantitative estimate of drug-likeness (QED) is 0.590. The van der Waals surface area contributed by atoms with Crippen LogP contribution in [0, 0.1) is 6.92 Å². The van der Waals surface area contributed by atoms with Crippen molar-refractivity contribution in [2.45, 2.75) is 19.8 Å². The minimum absolute atomic E-state index is 0.0815. The Hall–Kier alpha value is -3.59. The molecule has 2 saturated heterocycles. The minimum atomic E-state index is -0.714. The van der Waals surface area contributed by atoms with Crippen molar-refractivity contribution < 1.29 is 19.1 Å². The van der Waals surface area contributed by atoms with Crippen molar-refractivity contribution in [3.05, 3.63) is 48.0 Å². The highest BCUT2D eigenvalue weighted by molar-refractivity contribution is 6.39. The lowest BCUT2D eigenvalue weighted by Crippen LogP contribution is -2.49. The number of ether oxygens (including phenoxy) is 1. The molecule has 0 spiro atoms. The van der Waals surface area contributed by atoms with Gasteiger partial charge >= 0.3 is 11.8 Å². The summed E-state index contributed by atoms with van der Waals surface area (Å²) in [7, 11) is 1.68. The Bertz CT molecular complexity index is 1080. The molecular weight excluding hydrogens is 446 g/mol. The molecule has 9 nitrogen and oxygen atoms in total. The Morgan fingerprint density at radius 2 is 1.74 bits per heavy atom. The minimum Gasteiger partial charge on any atom is -0.495 e. The van der Waals surface area contributed by atoms with Crippen LogP contribution in [0.2, 0.25) is 0 Å². The summed E-state index contributed by atoms with van der Waals surface area (Å²) in [5, 5.41) is 5.36. The van der Waals surface area contributed by atoms with Crippen LogP contribution in [0.4, 0.5) is 17.1 Å². The number of rotatable bonds is 7. The summed E-state index contributed by atoms with van der Waals surface area (Å²) in [6, 6.07) is 13.3. The van der Waals surface area contributed by atoms with Gasteiger partial charge in [-0.15, -0.1) is 0 Å². The fourth-order valence-corrected chi connectivity index (χ4v) is 4.58. The number of hydrogen-bond donors (Lipinski definition) is 2. The number of piperazine rings is 1. The normalized spacial score (nSPS) is 16.3. The molecule has 0 radical (unpaired) electrons. The average molecular weight is 480 g/mol. The second-order valence-electron chi connectivity index (χ2n) is 8.86. The van der Waals surface area contributed by atoms with Crippen molar-refractivity contribution in [1.82, 2.24) is 10.2 Å². The van der Waals surface area contributed by atoms with Crippen LogP contribution in [-0.4, -0.2) is 75.5 Å². The Balaban J connectivity index is 1.22. The first-order valence-corrected chi connectivity index (χ1v) is 12.1. The summed E-state index contributed by atoms with van der Waals surface area (Å²) in [6.45, 7) is 7.12. The van der Waals surface area contributed by atoms with E-state index in [1.807, 2.05) is 31.2 Å². The Kier molecular flexibility index (Phi) is 7.87. The van der Waals surface area contributed by atoms with Crippen LogP contribution in [0.3, 0.4) is 0 Å². The molecule has 2 heterocycles. The van der Waals surface area contributed by atoms with E-state index in [-0.39, 0.29) is 5.91 Å². The van der Waals surface area contributed by atoms with E-state index < -0.39 is 11.8 Å². The summed E-state index contributed by atoms with van der Waals surface area (Å²) < 4.78 is 5.47. The highest BCUT2D eigenvalue weighted by Gasteiger charge is 2.24. The maximum absolute atomic E-state index is 12.4. The first kappa shape index (κ1) is 24.5. The fraction of sp³-hybridized carbons (Fsp3) is 0.423. The number of hydrogen-bond acceptors (Lipinski definition) is 6. The molecule has 9 heteroatoms. The second-order valence-corrected chi connectivity index (χ2v) is 8.86. The van der Waals surface area contributed by atoms with Gasteiger partial charge in [-0.2, -0.15) is 0 Å². The van der Waals surface area contributed by atoms with Crippen LogP contribution in [0.1, 0.15) is 18.4 Å². The monoisotopic (exact) mass is 479 g/mol. The lowest BCUT2D eigenvalue weighted by atomic mass is 10.1. The molecule has 35 heavy (non-hydrogen) atoms. The molecule has 0 saturated carbocycles. The Morgan fingerprint density at radius 3 is 2.46 bits per heavy atom. The van der Waals surface area contributed by atoms with Gasteiger partial charge in [0.25, 0.3) is 0 Å². The zero-order valence-electron chi connectivity index (χ0n) is 20.4. The zero-order valence-corrected chi connectivity index (χ0v) is 20.4. The number of anilines is 3. The number of nitrogens with one attached hydrogen (secondary N) is 2. The third kappa shape index (κ3) is 5.92. The van der Waals surface area contributed by atoms with Crippen LogP contribution in [-0.2, 0) is 14.4 Å². The molecule has 0 aliphatic carbocycles. The predicted octanol–water partition coefficient (Wildman–Crippen LogP) is 2.01. The molecule has 0 unspecified atom stereocenters. The first-order valence-electron chi connectivity index (χ1n) is 12.1. The van der Waals surface area contributed by atoms with Gasteiger partial charge in [0, 0.05) is 63.6 Å². The lowest BCUT2D eigenvalue weighted by molar-refractivity contribution is -0.136. The summed E-state index contributed by atoms with van der Waals surface area (Å²) in [4.78, 5) is 43.1. The van der Waals surface area contributed by atoms with Crippen molar-refractivity contribution >= 4 is 34.8 Å². The van der Waals surface area contributed by atoms with Crippen molar-refractivity contribution in [3.8, 4) is 5.75 Å². The van der Waals surface area contributed by atoms with Crippen molar-refractivity contribution in [1.29, 1.82) is 0 Å². The molecule has 2 aromatic rings. The van der Waals surface area contributed by atoms with Crippen molar-refractivity contribution in [2.24, 2.45) is 0 Å². The molecule has 2 fully saturated rings. The summed E-state index contributed by atoms with van der Waals surface area (Å²) in [5.41, 5.74) is 3.32. The number of nitrogens with zero attached hydrogens (tertiary/aromatic N) is 3. The maximum atomic E-state index is 12.4. The molecule has 0 atom stereocenters. The number of carbonyl (C=O) groups excluding carboxylic acids is 3. The SMILES string of the molecule is COc1ccccc1N1CCN(CCNC(=O)C(=O)Nc2ccc(C)c(N3CCCC3=O)c2)CC1. The van der Waals surface area contributed by atoms with E-state index in [0.29, 0.717) is 31.7 Å². The number of aryl methyl sites for hydroxylation is 1. The zero-order chi connectivity index (χ0) is 24.8. The number of carbonyl (C=O) groups is 3. The van der Waals surface area contributed by atoms with Gasteiger partial charge < -0.3 is 25.2 Å². The Morgan fingerprint density at radius 1 is 0.971 bits per heavy atom. The van der Waals surface area contributed by atoms with Gasteiger partial charge in [0.2, 0.25) is 5.91 Å². The molecule has 3 amide bonds. The van der Waals surface area contributed by atoms with Crippen LogP contribution in [0.5, 0.6) is 5.75 Å². The van der Waals surface area contributed by atoms with Gasteiger partial charge in [-0.1, -0.05) is 18.2 Å². The highest BCUT2D eigenvalue weighted by atomic mass is 16.5. The van der Waals surface area contributed by atoms with E-state index in [4.69, 9.17) is 4.74 Å². The number of methoxy groups -OCH3 is 1. The van der Waals surface area contributed by atoms with Crippen molar-refractivity contribution in [3.63, 3.8) is 0 Å². The maximum Gasteiger partial charge on any atom is 0.313 e. The van der Waals surface area contributed by atoms with E-state index in [0.717, 1.165) is 55.3 Å². The van der Waals surface area contributed by atoms with E-state index in [1.54, 1.807) is 24.1 Å². The van der Waals surface area contributed by atoms with Gasteiger partial charge in [-0.25, -0.2) is 0 Å². The second kappa shape index (κ2) is 11.2. The van der Waals surface area contributed by atoms with E-state index in [1.165, 1.54) is 0 Å². The molecule has 2 aliphatic heterocycles. The predicted molar refractivity (Wildman–Crippen MR) is 136 cm³/mol. The van der Waals surface area contributed by atoms with Gasteiger partial charge in [0.05, 0.1) is 12.8 Å².